The van der Waals surface area contributed by atoms with Gasteiger partial charge in [0.1, 0.15) is 5.82 Å². The number of aryl methyl sites for hydroxylation is 2. The minimum atomic E-state index is -0.478. The van der Waals surface area contributed by atoms with Crippen LogP contribution in [0.15, 0.2) is 36.4 Å². The van der Waals surface area contributed by atoms with Gasteiger partial charge in [0.05, 0.1) is 4.88 Å². The van der Waals surface area contributed by atoms with Crippen molar-refractivity contribution >= 4 is 29.2 Å². The lowest BCUT2D eigenvalue weighted by Gasteiger charge is -2.08. The molecule has 0 aliphatic heterocycles. The fourth-order valence-electron chi connectivity index (χ4n) is 2.61. The average molecular weight is 344 g/mol. The normalized spacial score (nSPS) is 13.5. The zero-order chi connectivity index (χ0) is 16.9. The van der Waals surface area contributed by atoms with E-state index in [-0.39, 0.29) is 11.7 Å². The standard InChI is InChI=1S/C18H17FN2O2S/c19-14-6-3-4-12(10-14)8-9-17(22)20-21-18(23)16-11-13-5-1-2-7-15(13)24-16/h3-4,6,8-11H,1-2,5,7H2,(H,20,22)(H,21,23). The van der Waals surface area contributed by atoms with Crippen molar-refractivity contribution in [2.45, 2.75) is 25.7 Å². The summed E-state index contributed by atoms with van der Waals surface area (Å²) in [6, 6.07) is 7.80. The van der Waals surface area contributed by atoms with Crippen molar-refractivity contribution in [2.75, 3.05) is 0 Å². The van der Waals surface area contributed by atoms with Crippen molar-refractivity contribution in [1.29, 1.82) is 0 Å². The number of nitrogens with one attached hydrogen (secondary N) is 2. The highest BCUT2D eigenvalue weighted by Crippen LogP contribution is 2.29. The van der Waals surface area contributed by atoms with Crippen LogP contribution in [0, 0.1) is 5.82 Å². The molecule has 0 fully saturated rings. The van der Waals surface area contributed by atoms with Gasteiger partial charge in [-0.2, -0.15) is 0 Å². The van der Waals surface area contributed by atoms with Crippen LogP contribution < -0.4 is 10.9 Å². The highest BCUT2D eigenvalue weighted by atomic mass is 32.1. The fourth-order valence-corrected chi connectivity index (χ4v) is 3.76. The first-order valence-electron chi connectivity index (χ1n) is 7.77. The Morgan fingerprint density at radius 1 is 1.12 bits per heavy atom. The molecule has 0 radical (unpaired) electrons. The van der Waals surface area contributed by atoms with E-state index < -0.39 is 5.91 Å². The van der Waals surface area contributed by atoms with E-state index in [1.165, 1.54) is 46.1 Å². The van der Waals surface area contributed by atoms with Gasteiger partial charge in [-0.05, 0) is 61.1 Å². The van der Waals surface area contributed by atoms with E-state index in [9.17, 15) is 14.0 Å². The number of thiophene rings is 1. The SMILES string of the molecule is O=C(C=Cc1cccc(F)c1)NNC(=O)c1cc2c(s1)CCCC2. The molecule has 6 heteroatoms. The average Bonchev–Trinajstić information content (AvgIpc) is 3.02. The molecule has 0 saturated heterocycles. The molecule has 4 nitrogen and oxygen atoms in total. The summed E-state index contributed by atoms with van der Waals surface area (Å²) in [5.41, 5.74) is 6.55. The molecule has 1 aliphatic rings. The Labute approximate surface area is 143 Å². The van der Waals surface area contributed by atoms with E-state index in [1.807, 2.05) is 6.07 Å². The summed E-state index contributed by atoms with van der Waals surface area (Å²) in [6.45, 7) is 0. The van der Waals surface area contributed by atoms with Gasteiger partial charge in [-0.15, -0.1) is 11.3 Å². The van der Waals surface area contributed by atoms with Crippen molar-refractivity contribution in [1.82, 2.24) is 10.9 Å². The summed E-state index contributed by atoms with van der Waals surface area (Å²) >= 11 is 1.48. The third-order valence-corrected chi connectivity index (χ3v) is 5.03. The molecule has 124 valence electrons. The Kier molecular flexibility index (Phi) is 5.05. The second-order valence-corrected chi connectivity index (χ2v) is 6.73. The van der Waals surface area contributed by atoms with Crippen LogP contribution in [0.1, 0.15) is 38.5 Å². The van der Waals surface area contributed by atoms with Crippen LogP contribution >= 0.6 is 11.3 Å². The van der Waals surface area contributed by atoms with Crippen LogP contribution in [0.3, 0.4) is 0 Å². The molecule has 1 heterocycles. The highest BCUT2D eigenvalue weighted by molar-refractivity contribution is 7.14. The zero-order valence-electron chi connectivity index (χ0n) is 13.0. The van der Waals surface area contributed by atoms with Gasteiger partial charge in [0.2, 0.25) is 0 Å². The summed E-state index contributed by atoms with van der Waals surface area (Å²) in [5.74, 6) is -1.16. The molecule has 24 heavy (non-hydrogen) atoms. The van der Waals surface area contributed by atoms with E-state index in [0.29, 0.717) is 10.4 Å². The van der Waals surface area contributed by atoms with Gasteiger partial charge in [0.15, 0.2) is 0 Å². The fraction of sp³-hybridized carbons (Fsp3) is 0.222. The van der Waals surface area contributed by atoms with E-state index in [4.69, 9.17) is 0 Å². The predicted molar refractivity (Wildman–Crippen MR) is 92.0 cm³/mol. The third kappa shape index (κ3) is 4.08. The molecule has 0 bridgehead atoms. The second kappa shape index (κ2) is 7.40. The van der Waals surface area contributed by atoms with E-state index in [2.05, 4.69) is 10.9 Å². The van der Waals surface area contributed by atoms with Crippen LogP contribution in [0.5, 0.6) is 0 Å². The number of benzene rings is 1. The third-order valence-electron chi connectivity index (χ3n) is 3.80. The summed E-state index contributed by atoms with van der Waals surface area (Å²) < 4.78 is 13.0. The molecule has 0 unspecified atom stereocenters. The summed E-state index contributed by atoms with van der Waals surface area (Å²) in [4.78, 5) is 25.7. The maximum atomic E-state index is 13.0. The number of amides is 2. The molecular weight excluding hydrogens is 327 g/mol. The summed E-state index contributed by atoms with van der Waals surface area (Å²) in [7, 11) is 0. The zero-order valence-corrected chi connectivity index (χ0v) is 13.8. The van der Waals surface area contributed by atoms with Gasteiger partial charge in [0, 0.05) is 11.0 Å². The first-order chi connectivity index (χ1) is 11.6. The largest absolute Gasteiger partial charge is 0.279 e. The molecular formula is C18H17FN2O2S. The van der Waals surface area contributed by atoms with Crippen molar-refractivity contribution < 1.29 is 14.0 Å². The summed E-state index contributed by atoms with van der Waals surface area (Å²) in [6.07, 6.45) is 7.09. The van der Waals surface area contributed by atoms with Crippen molar-refractivity contribution in [3.05, 3.63) is 63.1 Å². The minimum absolute atomic E-state index is 0.318. The Morgan fingerprint density at radius 2 is 1.96 bits per heavy atom. The number of hydrogen-bond acceptors (Lipinski definition) is 3. The van der Waals surface area contributed by atoms with Gasteiger partial charge in [-0.1, -0.05) is 12.1 Å². The van der Waals surface area contributed by atoms with Gasteiger partial charge >= 0.3 is 0 Å². The predicted octanol–water partition coefficient (Wildman–Crippen LogP) is 3.24. The van der Waals surface area contributed by atoms with Gasteiger partial charge in [0.25, 0.3) is 11.8 Å². The Bertz CT molecular complexity index is 775. The smallest absolute Gasteiger partial charge is 0.268 e. The molecule has 1 aliphatic carbocycles. The molecule has 2 aromatic rings. The molecule has 1 aromatic carbocycles. The van der Waals surface area contributed by atoms with Crippen LogP contribution in [0.4, 0.5) is 4.39 Å². The summed E-state index contributed by atoms with van der Waals surface area (Å²) in [5, 5.41) is 0. The molecule has 1 aromatic heterocycles. The number of carbonyl (C=O) groups is 2. The maximum Gasteiger partial charge on any atom is 0.279 e. The quantitative estimate of drug-likeness (QED) is 0.663. The Hall–Kier alpha value is -2.47. The Balaban J connectivity index is 1.54. The molecule has 2 amide bonds. The van der Waals surface area contributed by atoms with Gasteiger partial charge in [-0.25, -0.2) is 4.39 Å². The molecule has 0 spiro atoms. The lowest BCUT2D eigenvalue weighted by Crippen LogP contribution is -2.40. The number of halogens is 1. The number of fused-ring (bicyclic) bond motifs is 1. The van der Waals surface area contributed by atoms with Crippen molar-refractivity contribution in [3.63, 3.8) is 0 Å². The van der Waals surface area contributed by atoms with E-state index in [0.717, 1.165) is 25.7 Å². The number of hydrazine groups is 1. The van der Waals surface area contributed by atoms with Crippen molar-refractivity contribution in [2.24, 2.45) is 0 Å². The topological polar surface area (TPSA) is 58.2 Å². The highest BCUT2D eigenvalue weighted by Gasteiger charge is 2.17. The maximum absolute atomic E-state index is 13.0. The lowest BCUT2D eigenvalue weighted by molar-refractivity contribution is -0.117. The Morgan fingerprint density at radius 3 is 2.75 bits per heavy atom. The number of carbonyl (C=O) groups excluding carboxylic acids is 2. The molecule has 0 atom stereocenters. The number of rotatable bonds is 3. The molecule has 3 rings (SSSR count). The first-order valence-corrected chi connectivity index (χ1v) is 8.59. The second-order valence-electron chi connectivity index (χ2n) is 5.60. The molecule has 2 N–H and O–H groups in total. The van der Waals surface area contributed by atoms with E-state index in [1.54, 1.807) is 12.1 Å². The number of hydrogen-bond donors (Lipinski definition) is 2. The van der Waals surface area contributed by atoms with Crippen LogP contribution in [0.2, 0.25) is 0 Å². The van der Waals surface area contributed by atoms with Gasteiger partial charge in [-0.3, -0.25) is 20.4 Å². The van der Waals surface area contributed by atoms with E-state index >= 15 is 0 Å². The lowest BCUT2D eigenvalue weighted by atomic mass is 9.99. The van der Waals surface area contributed by atoms with Crippen LogP contribution in [-0.2, 0) is 17.6 Å². The molecule has 0 saturated carbocycles. The van der Waals surface area contributed by atoms with Crippen molar-refractivity contribution in [3.8, 4) is 0 Å². The van der Waals surface area contributed by atoms with Crippen LogP contribution in [-0.4, -0.2) is 11.8 Å². The minimum Gasteiger partial charge on any atom is -0.268 e. The monoisotopic (exact) mass is 344 g/mol. The van der Waals surface area contributed by atoms with Gasteiger partial charge < -0.3 is 0 Å². The first kappa shape index (κ1) is 16.4. The van der Waals surface area contributed by atoms with Crippen LogP contribution in [0.25, 0.3) is 6.08 Å².